The van der Waals surface area contributed by atoms with E-state index in [1.54, 1.807) is 0 Å². The lowest BCUT2D eigenvalue weighted by Gasteiger charge is -2.48. The van der Waals surface area contributed by atoms with Crippen LogP contribution >= 0.6 is 0 Å². The van der Waals surface area contributed by atoms with Gasteiger partial charge in [0, 0.05) is 50.4 Å². The number of amides is 1. The van der Waals surface area contributed by atoms with Gasteiger partial charge in [0.25, 0.3) is 0 Å². The molecule has 1 aromatic heterocycles. The van der Waals surface area contributed by atoms with Gasteiger partial charge in [0.05, 0.1) is 0 Å². The second-order valence-corrected chi connectivity index (χ2v) is 7.91. The average Bonchev–Trinajstić information content (AvgIpc) is 2.67. The lowest BCUT2D eigenvalue weighted by molar-refractivity contribution is -0.140. The Balaban J connectivity index is 1.44. The molecule has 1 aromatic carbocycles. The van der Waals surface area contributed by atoms with Gasteiger partial charge in [-0.25, -0.2) is 0 Å². The van der Waals surface area contributed by atoms with E-state index in [0.717, 1.165) is 39.1 Å². The summed E-state index contributed by atoms with van der Waals surface area (Å²) in [7, 11) is 0. The Morgan fingerprint density at radius 2 is 1.69 bits per heavy atom. The van der Waals surface area contributed by atoms with Gasteiger partial charge < -0.3 is 4.90 Å². The largest absolute Gasteiger partial charge is 0.338 e. The summed E-state index contributed by atoms with van der Waals surface area (Å²) in [5.41, 5.74) is 2.81. The predicted octanol–water partition coefficient (Wildman–Crippen LogP) is 3.49. The number of rotatable bonds is 4. The van der Waals surface area contributed by atoms with E-state index in [4.69, 9.17) is 0 Å². The molecule has 1 spiro atoms. The lowest BCUT2D eigenvalue weighted by Crippen LogP contribution is -2.53. The summed E-state index contributed by atoms with van der Waals surface area (Å²) < 4.78 is 0. The van der Waals surface area contributed by atoms with Crippen LogP contribution < -0.4 is 0 Å². The summed E-state index contributed by atoms with van der Waals surface area (Å²) in [6.07, 6.45) is 7.92. The minimum absolute atomic E-state index is 0.258. The van der Waals surface area contributed by atoms with Crippen molar-refractivity contribution in [2.45, 2.75) is 38.8 Å². The zero-order valence-corrected chi connectivity index (χ0v) is 15.3. The highest BCUT2D eigenvalue weighted by Gasteiger charge is 2.41. The molecule has 1 atom stereocenters. The average molecular weight is 349 g/mol. The SMILES string of the molecule is O=C1CC[C@]2(CCCN(Cc3ccncc3)C2)CN1Cc1ccccc1. The molecule has 2 aromatic rings. The Labute approximate surface area is 155 Å². The second-order valence-electron chi connectivity index (χ2n) is 7.91. The van der Waals surface area contributed by atoms with Gasteiger partial charge in [-0.05, 0) is 49.1 Å². The van der Waals surface area contributed by atoms with Gasteiger partial charge in [-0.15, -0.1) is 0 Å². The number of benzene rings is 1. The highest BCUT2D eigenvalue weighted by atomic mass is 16.2. The van der Waals surface area contributed by atoms with Crippen molar-refractivity contribution in [2.75, 3.05) is 19.6 Å². The van der Waals surface area contributed by atoms with Gasteiger partial charge in [-0.2, -0.15) is 0 Å². The van der Waals surface area contributed by atoms with Crippen LogP contribution in [-0.4, -0.2) is 40.3 Å². The van der Waals surface area contributed by atoms with Crippen LogP contribution in [0.15, 0.2) is 54.9 Å². The molecule has 4 nitrogen and oxygen atoms in total. The zero-order chi connectivity index (χ0) is 17.8. The Hall–Kier alpha value is -2.20. The molecule has 3 heterocycles. The first-order valence-corrected chi connectivity index (χ1v) is 9.65. The van der Waals surface area contributed by atoms with E-state index in [1.807, 2.05) is 18.5 Å². The van der Waals surface area contributed by atoms with Crippen LogP contribution in [0, 0.1) is 5.41 Å². The monoisotopic (exact) mass is 349 g/mol. The van der Waals surface area contributed by atoms with Gasteiger partial charge in [0.15, 0.2) is 0 Å². The van der Waals surface area contributed by atoms with Gasteiger partial charge in [0.2, 0.25) is 5.91 Å². The fraction of sp³-hybridized carbons (Fsp3) is 0.455. The Morgan fingerprint density at radius 1 is 0.923 bits per heavy atom. The summed E-state index contributed by atoms with van der Waals surface area (Å²) in [4.78, 5) is 21.3. The number of nitrogens with zero attached hydrogens (tertiary/aromatic N) is 3. The Bertz CT molecular complexity index is 734. The van der Waals surface area contributed by atoms with E-state index < -0.39 is 0 Å². The zero-order valence-electron chi connectivity index (χ0n) is 15.3. The summed E-state index contributed by atoms with van der Waals surface area (Å²) in [6, 6.07) is 14.6. The fourth-order valence-electron chi connectivity index (χ4n) is 4.57. The summed E-state index contributed by atoms with van der Waals surface area (Å²) >= 11 is 0. The van der Waals surface area contributed by atoms with E-state index in [9.17, 15) is 4.79 Å². The highest BCUT2D eigenvalue weighted by Crippen LogP contribution is 2.39. The van der Waals surface area contributed by atoms with Crippen LogP contribution in [0.4, 0.5) is 0 Å². The number of pyridine rings is 1. The van der Waals surface area contributed by atoms with Crippen molar-refractivity contribution in [2.24, 2.45) is 5.41 Å². The lowest BCUT2D eigenvalue weighted by atomic mass is 9.73. The maximum Gasteiger partial charge on any atom is 0.222 e. The van der Waals surface area contributed by atoms with Crippen molar-refractivity contribution in [3.8, 4) is 0 Å². The molecule has 0 radical (unpaired) electrons. The Kier molecular flexibility index (Phi) is 5.02. The molecule has 0 unspecified atom stereocenters. The number of hydrogen-bond donors (Lipinski definition) is 0. The van der Waals surface area contributed by atoms with E-state index >= 15 is 0 Å². The standard InChI is InChI=1S/C22H27N3O/c26-21-7-11-22(18-25(21)16-19-5-2-1-3-6-19)10-4-14-24(17-22)15-20-8-12-23-13-9-20/h1-3,5-6,8-9,12-13H,4,7,10-11,14-18H2/t22-/m0/s1. The fourth-order valence-corrected chi connectivity index (χ4v) is 4.57. The predicted molar refractivity (Wildman–Crippen MR) is 102 cm³/mol. The van der Waals surface area contributed by atoms with E-state index in [1.165, 1.54) is 24.0 Å². The van der Waals surface area contributed by atoms with Crippen LogP contribution in [-0.2, 0) is 17.9 Å². The van der Waals surface area contributed by atoms with Crippen LogP contribution in [0.5, 0.6) is 0 Å². The minimum Gasteiger partial charge on any atom is -0.338 e. The molecule has 4 heteroatoms. The second kappa shape index (κ2) is 7.58. The van der Waals surface area contributed by atoms with Gasteiger partial charge in [-0.3, -0.25) is 14.7 Å². The van der Waals surface area contributed by atoms with Gasteiger partial charge >= 0.3 is 0 Å². The van der Waals surface area contributed by atoms with Gasteiger partial charge in [-0.1, -0.05) is 30.3 Å². The summed E-state index contributed by atoms with van der Waals surface area (Å²) in [5.74, 6) is 0.311. The molecule has 0 N–H and O–H groups in total. The molecule has 26 heavy (non-hydrogen) atoms. The first-order valence-electron chi connectivity index (χ1n) is 9.65. The minimum atomic E-state index is 0.258. The number of carbonyl (C=O) groups excluding carboxylic acids is 1. The number of carbonyl (C=O) groups is 1. The molecular weight excluding hydrogens is 322 g/mol. The van der Waals surface area contributed by atoms with Crippen LogP contribution in [0.1, 0.15) is 36.8 Å². The number of piperidine rings is 2. The van der Waals surface area contributed by atoms with Crippen molar-refractivity contribution in [1.29, 1.82) is 0 Å². The normalized spacial score (nSPS) is 24.2. The highest BCUT2D eigenvalue weighted by molar-refractivity contribution is 5.77. The van der Waals surface area contributed by atoms with Crippen molar-refractivity contribution < 1.29 is 4.79 Å². The summed E-state index contributed by atoms with van der Waals surface area (Å²) in [5, 5.41) is 0. The molecule has 0 saturated carbocycles. The molecular formula is C22H27N3O. The summed E-state index contributed by atoms with van der Waals surface area (Å²) in [6.45, 7) is 4.86. The third-order valence-corrected chi connectivity index (χ3v) is 5.86. The molecule has 4 rings (SSSR count). The number of aromatic nitrogens is 1. The molecule has 0 bridgehead atoms. The van der Waals surface area contributed by atoms with Crippen LogP contribution in [0.2, 0.25) is 0 Å². The molecule has 2 fully saturated rings. The topological polar surface area (TPSA) is 36.4 Å². The Morgan fingerprint density at radius 3 is 2.50 bits per heavy atom. The maximum atomic E-state index is 12.5. The van der Waals surface area contributed by atoms with E-state index in [2.05, 4.69) is 51.2 Å². The molecule has 2 saturated heterocycles. The van der Waals surface area contributed by atoms with Crippen LogP contribution in [0.25, 0.3) is 0 Å². The molecule has 2 aliphatic rings. The van der Waals surface area contributed by atoms with E-state index in [-0.39, 0.29) is 5.41 Å². The van der Waals surface area contributed by atoms with E-state index in [0.29, 0.717) is 12.3 Å². The van der Waals surface area contributed by atoms with Crippen LogP contribution in [0.3, 0.4) is 0 Å². The van der Waals surface area contributed by atoms with Crippen molar-refractivity contribution in [3.05, 3.63) is 66.0 Å². The molecule has 0 aliphatic carbocycles. The smallest absolute Gasteiger partial charge is 0.222 e. The third-order valence-electron chi connectivity index (χ3n) is 5.86. The third kappa shape index (κ3) is 3.96. The number of hydrogen-bond acceptors (Lipinski definition) is 3. The molecule has 2 aliphatic heterocycles. The van der Waals surface area contributed by atoms with Crippen molar-refractivity contribution >= 4 is 5.91 Å². The maximum absolute atomic E-state index is 12.5. The van der Waals surface area contributed by atoms with Crippen molar-refractivity contribution in [1.82, 2.24) is 14.8 Å². The quantitative estimate of drug-likeness (QED) is 0.848. The first kappa shape index (κ1) is 17.2. The van der Waals surface area contributed by atoms with Crippen molar-refractivity contribution in [3.63, 3.8) is 0 Å². The molecule has 1 amide bonds. The molecule has 136 valence electrons. The number of likely N-dealkylation sites (tertiary alicyclic amines) is 2. The van der Waals surface area contributed by atoms with Gasteiger partial charge in [0.1, 0.15) is 0 Å². The first-order chi connectivity index (χ1) is 12.7.